The molecular weight excluding hydrogens is 460 g/mol. The summed E-state index contributed by atoms with van der Waals surface area (Å²) in [6.07, 6.45) is 13.0. The van der Waals surface area contributed by atoms with Crippen molar-refractivity contribution in [3.05, 3.63) is 59.7 Å². The van der Waals surface area contributed by atoms with Crippen molar-refractivity contribution in [3.8, 4) is 11.1 Å². The lowest BCUT2D eigenvalue weighted by Crippen LogP contribution is -2.38. The van der Waals surface area contributed by atoms with Crippen molar-refractivity contribution < 1.29 is 14.7 Å². The van der Waals surface area contributed by atoms with Crippen LogP contribution in [-0.4, -0.2) is 41.0 Å². The fourth-order valence-corrected chi connectivity index (χ4v) is 6.45. The van der Waals surface area contributed by atoms with Crippen LogP contribution in [0.15, 0.2) is 48.5 Å². The zero-order valence-corrected chi connectivity index (χ0v) is 22.5. The minimum atomic E-state index is -0.602. The number of aliphatic carboxylic acids is 1. The predicted octanol–water partition coefficient (Wildman–Crippen LogP) is 6.33. The van der Waals surface area contributed by atoms with E-state index in [2.05, 4.69) is 60.4 Å². The molecule has 2 aromatic carbocycles. The molecule has 5 heteroatoms. The van der Waals surface area contributed by atoms with Gasteiger partial charge >= 0.3 is 5.97 Å². The highest BCUT2D eigenvalue weighted by atomic mass is 16.4. The molecule has 5 rings (SSSR count). The van der Waals surface area contributed by atoms with Crippen LogP contribution < -0.4 is 5.73 Å². The van der Waals surface area contributed by atoms with Crippen LogP contribution in [0.3, 0.4) is 0 Å². The Kier molecular flexibility index (Phi) is 9.42. The summed E-state index contributed by atoms with van der Waals surface area (Å²) in [5, 5.41) is 8.54. The van der Waals surface area contributed by atoms with Crippen LogP contribution in [0.25, 0.3) is 11.1 Å². The molecule has 1 atom stereocenters. The first-order chi connectivity index (χ1) is 17.9. The topological polar surface area (TPSA) is 83.6 Å². The molecule has 2 saturated carbocycles. The van der Waals surface area contributed by atoms with Gasteiger partial charge in [-0.25, -0.2) is 0 Å². The maximum Gasteiger partial charge on any atom is 0.306 e. The summed E-state index contributed by atoms with van der Waals surface area (Å²) in [6, 6.07) is 18.2. The summed E-state index contributed by atoms with van der Waals surface area (Å²) in [6.45, 7) is 4.75. The van der Waals surface area contributed by atoms with Gasteiger partial charge in [-0.1, -0.05) is 80.6 Å². The maximum atomic E-state index is 12.1. The molecule has 3 N–H and O–H groups in total. The summed E-state index contributed by atoms with van der Waals surface area (Å²) >= 11 is 0. The Morgan fingerprint density at radius 2 is 1.46 bits per heavy atom. The van der Waals surface area contributed by atoms with Gasteiger partial charge in [0.25, 0.3) is 0 Å². The third-order valence-electron chi connectivity index (χ3n) is 8.99. The average Bonchev–Trinajstić information content (AvgIpc) is 3.59. The van der Waals surface area contributed by atoms with Crippen LogP contribution in [-0.2, 0) is 21.4 Å². The Morgan fingerprint density at radius 1 is 0.865 bits per heavy atom. The van der Waals surface area contributed by atoms with E-state index in [-0.39, 0.29) is 11.8 Å². The maximum absolute atomic E-state index is 12.1. The number of likely N-dealkylation sites (tertiary alicyclic amines) is 1. The van der Waals surface area contributed by atoms with Crippen molar-refractivity contribution in [3.63, 3.8) is 0 Å². The normalized spacial score (nSPS) is 21.8. The number of benzene rings is 2. The highest BCUT2D eigenvalue weighted by Gasteiger charge is 2.41. The van der Waals surface area contributed by atoms with Gasteiger partial charge in [-0.15, -0.1) is 0 Å². The van der Waals surface area contributed by atoms with Crippen molar-refractivity contribution >= 4 is 11.9 Å². The molecule has 37 heavy (non-hydrogen) atoms. The van der Waals surface area contributed by atoms with E-state index in [9.17, 15) is 9.59 Å². The Morgan fingerprint density at radius 3 is 1.95 bits per heavy atom. The van der Waals surface area contributed by atoms with Gasteiger partial charge < -0.3 is 15.7 Å². The number of carboxylic acids is 1. The van der Waals surface area contributed by atoms with Crippen molar-refractivity contribution in [1.82, 2.24) is 4.90 Å². The first kappa shape index (κ1) is 27.4. The highest BCUT2D eigenvalue weighted by molar-refractivity contribution is 5.87. The Hall–Kier alpha value is -2.66. The first-order valence-electron chi connectivity index (χ1n) is 14.4. The van der Waals surface area contributed by atoms with Gasteiger partial charge in [0.2, 0.25) is 5.91 Å². The van der Waals surface area contributed by atoms with Gasteiger partial charge in [0.05, 0.1) is 11.3 Å². The van der Waals surface area contributed by atoms with E-state index in [0.29, 0.717) is 0 Å². The van der Waals surface area contributed by atoms with E-state index < -0.39 is 11.4 Å². The van der Waals surface area contributed by atoms with Crippen LogP contribution in [0, 0.1) is 5.92 Å². The standard InChI is InChI=1S/C25H32N2O.C7H12O2/c1-19-5-4-17-27(19)18-14-20-6-8-21(9-7-20)22-10-12-23(13-11-22)25(24(26)28)15-2-3-16-25;8-7(9)6-4-2-1-3-5-6/h6-13,19H,2-5,14-18H2,1H3,(H2,26,28);6H,1-5H2,(H,8,9). The smallest absolute Gasteiger partial charge is 0.306 e. The monoisotopic (exact) mass is 504 g/mol. The second-order valence-electron chi connectivity index (χ2n) is 11.4. The number of hydrogen-bond acceptors (Lipinski definition) is 3. The van der Waals surface area contributed by atoms with Crippen LogP contribution >= 0.6 is 0 Å². The van der Waals surface area contributed by atoms with Gasteiger partial charge in [0.15, 0.2) is 0 Å². The van der Waals surface area contributed by atoms with Gasteiger partial charge in [-0.05, 0) is 80.7 Å². The number of hydrogen-bond donors (Lipinski definition) is 2. The second-order valence-corrected chi connectivity index (χ2v) is 11.4. The van der Waals surface area contributed by atoms with Crippen molar-refractivity contribution in [1.29, 1.82) is 0 Å². The molecule has 0 radical (unpaired) electrons. The summed E-state index contributed by atoms with van der Waals surface area (Å²) in [5.74, 6) is -0.803. The Bertz CT molecular complexity index is 1020. The SMILES string of the molecule is CC1CCCN1CCc1ccc(-c2ccc(C3(C(N)=O)CCCC3)cc2)cc1.O=C(O)C1CCCCC1. The van der Waals surface area contributed by atoms with E-state index in [1.807, 2.05) is 0 Å². The molecule has 3 fully saturated rings. The van der Waals surface area contributed by atoms with Crippen molar-refractivity contribution in [2.45, 2.75) is 95.4 Å². The van der Waals surface area contributed by atoms with Gasteiger partial charge in [-0.2, -0.15) is 0 Å². The van der Waals surface area contributed by atoms with E-state index in [1.165, 1.54) is 42.5 Å². The molecule has 5 nitrogen and oxygen atoms in total. The van der Waals surface area contributed by atoms with E-state index >= 15 is 0 Å². The molecule has 3 aliphatic rings. The van der Waals surface area contributed by atoms with E-state index in [4.69, 9.17) is 10.8 Å². The summed E-state index contributed by atoms with van der Waals surface area (Å²) in [7, 11) is 0. The molecule has 1 amide bonds. The molecule has 0 aromatic heterocycles. The van der Waals surface area contributed by atoms with Gasteiger partial charge in [0, 0.05) is 12.6 Å². The molecule has 0 spiro atoms. The number of rotatable bonds is 7. The molecule has 0 bridgehead atoms. The fraction of sp³-hybridized carbons (Fsp3) is 0.562. The number of nitrogens with two attached hydrogens (primary N) is 1. The molecule has 1 saturated heterocycles. The lowest BCUT2D eigenvalue weighted by atomic mass is 9.78. The Balaban J connectivity index is 0.000000301. The molecular formula is C32H44N2O3. The number of carbonyl (C=O) groups excluding carboxylic acids is 1. The summed E-state index contributed by atoms with van der Waals surface area (Å²) in [5.41, 5.74) is 10.2. The quantitative estimate of drug-likeness (QED) is 0.462. The highest BCUT2D eigenvalue weighted by Crippen LogP contribution is 2.41. The van der Waals surface area contributed by atoms with Gasteiger partial charge in [0.1, 0.15) is 0 Å². The summed E-state index contributed by atoms with van der Waals surface area (Å²) < 4.78 is 0. The molecule has 1 aliphatic heterocycles. The lowest BCUT2D eigenvalue weighted by Gasteiger charge is -2.25. The third kappa shape index (κ3) is 6.81. The number of amides is 1. The predicted molar refractivity (Wildman–Crippen MR) is 149 cm³/mol. The molecule has 2 aliphatic carbocycles. The number of carboxylic acid groups (broad SMARTS) is 1. The largest absolute Gasteiger partial charge is 0.481 e. The van der Waals surface area contributed by atoms with Crippen LogP contribution in [0.2, 0.25) is 0 Å². The minimum absolute atomic E-state index is 0.0289. The number of carbonyl (C=O) groups is 2. The molecule has 2 aromatic rings. The molecule has 1 unspecified atom stereocenters. The van der Waals surface area contributed by atoms with Gasteiger partial charge in [-0.3, -0.25) is 9.59 Å². The zero-order chi connectivity index (χ0) is 26.3. The van der Waals surface area contributed by atoms with E-state index in [0.717, 1.165) is 75.9 Å². The van der Waals surface area contributed by atoms with Crippen molar-refractivity contribution in [2.24, 2.45) is 11.7 Å². The number of primary amides is 1. The van der Waals surface area contributed by atoms with E-state index in [1.54, 1.807) is 0 Å². The van der Waals surface area contributed by atoms with Crippen LogP contribution in [0.4, 0.5) is 0 Å². The fourth-order valence-electron chi connectivity index (χ4n) is 6.45. The minimum Gasteiger partial charge on any atom is -0.481 e. The zero-order valence-electron chi connectivity index (χ0n) is 22.5. The Labute approximate surface area is 222 Å². The average molecular weight is 505 g/mol. The molecule has 200 valence electrons. The van der Waals surface area contributed by atoms with Crippen LogP contribution in [0.5, 0.6) is 0 Å². The third-order valence-corrected chi connectivity index (χ3v) is 8.99. The lowest BCUT2D eigenvalue weighted by molar-refractivity contribution is -0.142. The number of nitrogens with zero attached hydrogens (tertiary/aromatic N) is 1. The second kappa shape index (κ2) is 12.7. The summed E-state index contributed by atoms with van der Waals surface area (Å²) in [4.78, 5) is 25.1. The van der Waals surface area contributed by atoms with Crippen molar-refractivity contribution in [2.75, 3.05) is 13.1 Å². The first-order valence-corrected chi connectivity index (χ1v) is 14.4. The van der Waals surface area contributed by atoms with Crippen LogP contribution in [0.1, 0.15) is 88.7 Å². The molecule has 1 heterocycles.